The number of carbonyl (C=O) groups is 1. The van der Waals surface area contributed by atoms with Gasteiger partial charge in [-0.15, -0.1) is 0 Å². The number of benzene rings is 2. The Hall–Kier alpha value is -3.09. The highest BCUT2D eigenvalue weighted by molar-refractivity contribution is 5.91. The molecule has 3 rings (SSSR count). The average Bonchev–Trinajstić information content (AvgIpc) is 2.54. The summed E-state index contributed by atoms with van der Waals surface area (Å²) < 4.78 is 27.3. The second kappa shape index (κ2) is 5.96. The lowest BCUT2D eigenvalue weighted by Gasteiger charge is -2.10. The van der Waals surface area contributed by atoms with Gasteiger partial charge in [-0.25, -0.2) is 13.8 Å². The van der Waals surface area contributed by atoms with E-state index in [1.807, 2.05) is 0 Å². The molecule has 0 fully saturated rings. The minimum absolute atomic E-state index is 0.111. The molecule has 0 saturated carbocycles. The van der Waals surface area contributed by atoms with E-state index in [4.69, 9.17) is 0 Å². The van der Waals surface area contributed by atoms with E-state index in [9.17, 15) is 18.4 Å². The van der Waals surface area contributed by atoms with Crippen molar-refractivity contribution in [2.24, 2.45) is 0 Å². The van der Waals surface area contributed by atoms with Gasteiger partial charge in [-0.05, 0) is 24.3 Å². The number of aromatic nitrogens is 2. The van der Waals surface area contributed by atoms with Crippen LogP contribution in [0.4, 0.5) is 14.5 Å². The number of rotatable bonds is 3. The highest BCUT2D eigenvalue weighted by Crippen LogP contribution is 2.13. The van der Waals surface area contributed by atoms with E-state index in [0.29, 0.717) is 11.0 Å². The molecule has 0 spiro atoms. The zero-order chi connectivity index (χ0) is 16.4. The molecular weight excluding hydrogens is 304 g/mol. The van der Waals surface area contributed by atoms with Crippen molar-refractivity contribution in [3.8, 4) is 0 Å². The summed E-state index contributed by atoms with van der Waals surface area (Å²) in [4.78, 5) is 28.0. The summed E-state index contributed by atoms with van der Waals surface area (Å²) in [6.07, 6.45) is 1.13. The highest BCUT2D eigenvalue weighted by Gasteiger charge is 2.10. The molecule has 23 heavy (non-hydrogen) atoms. The molecule has 0 aliphatic carbocycles. The molecule has 5 nitrogen and oxygen atoms in total. The maximum atomic E-state index is 13.1. The Balaban J connectivity index is 1.87. The van der Waals surface area contributed by atoms with E-state index in [2.05, 4.69) is 10.3 Å². The molecule has 116 valence electrons. The predicted molar refractivity (Wildman–Crippen MR) is 81.0 cm³/mol. The van der Waals surface area contributed by atoms with Gasteiger partial charge in [0.05, 0.1) is 17.2 Å². The Kier molecular flexibility index (Phi) is 3.84. The van der Waals surface area contributed by atoms with Crippen molar-refractivity contribution in [3.05, 3.63) is 70.6 Å². The summed E-state index contributed by atoms with van der Waals surface area (Å²) in [6.45, 7) is -0.263. The Bertz CT molecular complexity index is 953. The van der Waals surface area contributed by atoms with Gasteiger partial charge in [0.2, 0.25) is 5.91 Å². The van der Waals surface area contributed by atoms with E-state index in [0.717, 1.165) is 18.3 Å². The third-order valence-electron chi connectivity index (χ3n) is 3.26. The standard InChI is InChI=1S/C16H11F2N3O2/c17-11-6-5-10(7-12(11)18)20-15(22)9-21-14-4-2-1-3-13(14)19-8-16(21)23/h1-8H,9H2,(H,20,22). The quantitative estimate of drug-likeness (QED) is 0.807. The number of nitrogens with one attached hydrogen (secondary N) is 1. The van der Waals surface area contributed by atoms with Gasteiger partial charge >= 0.3 is 0 Å². The van der Waals surface area contributed by atoms with Crippen LogP contribution >= 0.6 is 0 Å². The number of halogens is 2. The lowest BCUT2D eigenvalue weighted by Crippen LogP contribution is -2.28. The number of fused-ring (bicyclic) bond motifs is 1. The second-order valence-electron chi connectivity index (χ2n) is 4.85. The largest absolute Gasteiger partial charge is 0.324 e. The second-order valence-corrected chi connectivity index (χ2v) is 4.85. The third kappa shape index (κ3) is 3.08. The van der Waals surface area contributed by atoms with Gasteiger partial charge in [-0.1, -0.05) is 12.1 Å². The summed E-state index contributed by atoms with van der Waals surface area (Å²) in [7, 11) is 0. The molecule has 0 bridgehead atoms. The van der Waals surface area contributed by atoms with E-state index >= 15 is 0 Å². The Labute approximate surface area is 129 Å². The molecule has 0 atom stereocenters. The Morgan fingerprint density at radius 1 is 1.13 bits per heavy atom. The maximum absolute atomic E-state index is 13.1. The minimum Gasteiger partial charge on any atom is -0.324 e. The topological polar surface area (TPSA) is 64.0 Å². The molecular formula is C16H11F2N3O2. The van der Waals surface area contributed by atoms with Crippen molar-refractivity contribution in [2.75, 3.05) is 5.32 Å². The van der Waals surface area contributed by atoms with Crippen LogP contribution in [0.15, 0.2) is 53.5 Å². The van der Waals surface area contributed by atoms with Gasteiger partial charge < -0.3 is 5.32 Å². The fraction of sp³-hybridized carbons (Fsp3) is 0.0625. The number of amides is 1. The number of carbonyl (C=O) groups excluding carboxylic acids is 1. The predicted octanol–water partition coefficient (Wildman–Crippen LogP) is 2.31. The van der Waals surface area contributed by atoms with Crippen molar-refractivity contribution < 1.29 is 13.6 Å². The highest BCUT2D eigenvalue weighted by atomic mass is 19.2. The molecule has 0 aliphatic heterocycles. The summed E-state index contributed by atoms with van der Waals surface area (Å²) in [6, 6.07) is 9.93. The maximum Gasteiger partial charge on any atom is 0.269 e. The van der Waals surface area contributed by atoms with Crippen molar-refractivity contribution >= 4 is 22.6 Å². The number of para-hydroxylation sites is 2. The zero-order valence-corrected chi connectivity index (χ0v) is 11.8. The first-order valence-corrected chi connectivity index (χ1v) is 6.74. The Morgan fingerprint density at radius 3 is 2.70 bits per heavy atom. The van der Waals surface area contributed by atoms with Crippen LogP contribution in [-0.4, -0.2) is 15.5 Å². The first-order valence-electron chi connectivity index (χ1n) is 6.74. The van der Waals surface area contributed by atoms with E-state index < -0.39 is 23.1 Å². The minimum atomic E-state index is -1.06. The molecule has 0 saturated heterocycles. The van der Waals surface area contributed by atoms with Gasteiger partial charge in [0.25, 0.3) is 5.56 Å². The van der Waals surface area contributed by atoms with E-state index in [1.54, 1.807) is 24.3 Å². The summed E-state index contributed by atoms with van der Waals surface area (Å²) in [5.41, 5.74) is 0.776. The number of hydrogen-bond acceptors (Lipinski definition) is 3. The van der Waals surface area contributed by atoms with E-state index in [1.165, 1.54) is 10.6 Å². The van der Waals surface area contributed by atoms with Crippen LogP contribution in [0.25, 0.3) is 11.0 Å². The molecule has 1 N–H and O–H groups in total. The van der Waals surface area contributed by atoms with Gasteiger partial charge in [0.15, 0.2) is 11.6 Å². The Morgan fingerprint density at radius 2 is 1.91 bits per heavy atom. The summed E-state index contributed by atoms with van der Waals surface area (Å²) in [5, 5.41) is 2.42. The number of hydrogen-bond donors (Lipinski definition) is 1. The lowest BCUT2D eigenvalue weighted by atomic mass is 10.3. The van der Waals surface area contributed by atoms with Crippen molar-refractivity contribution in [3.63, 3.8) is 0 Å². The van der Waals surface area contributed by atoms with Crippen LogP contribution in [0.2, 0.25) is 0 Å². The van der Waals surface area contributed by atoms with Crippen LogP contribution in [-0.2, 0) is 11.3 Å². The van der Waals surface area contributed by atoms with Crippen molar-refractivity contribution in [2.45, 2.75) is 6.54 Å². The third-order valence-corrected chi connectivity index (χ3v) is 3.26. The summed E-state index contributed by atoms with van der Waals surface area (Å²) in [5.74, 6) is -2.59. The molecule has 0 unspecified atom stereocenters. The fourth-order valence-electron chi connectivity index (χ4n) is 2.20. The van der Waals surface area contributed by atoms with Gasteiger partial charge in [-0.3, -0.25) is 14.2 Å². The van der Waals surface area contributed by atoms with E-state index in [-0.39, 0.29) is 12.2 Å². The van der Waals surface area contributed by atoms with Gasteiger partial charge in [0.1, 0.15) is 6.54 Å². The molecule has 3 aromatic rings. The molecule has 2 aromatic carbocycles. The average molecular weight is 315 g/mol. The first kappa shape index (κ1) is 14.8. The van der Waals surface area contributed by atoms with Gasteiger partial charge in [-0.2, -0.15) is 0 Å². The molecule has 7 heteroatoms. The monoisotopic (exact) mass is 315 g/mol. The smallest absolute Gasteiger partial charge is 0.269 e. The number of anilines is 1. The first-order chi connectivity index (χ1) is 11.0. The lowest BCUT2D eigenvalue weighted by molar-refractivity contribution is -0.116. The fourth-order valence-corrected chi connectivity index (χ4v) is 2.20. The van der Waals surface area contributed by atoms with Crippen molar-refractivity contribution in [1.82, 2.24) is 9.55 Å². The van der Waals surface area contributed by atoms with Crippen molar-refractivity contribution in [1.29, 1.82) is 0 Å². The van der Waals surface area contributed by atoms with Crippen LogP contribution in [0.5, 0.6) is 0 Å². The number of nitrogens with zero attached hydrogens (tertiary/aromatic N) is 2. The van der Waals surface area contributed by atoms with Crippen LogP contribution in [0.1, 0.15) is 0 Å². The molecule has 0 aliphatic rings. The van der Waals surface area contributed by atoms with Gasteiger partial charge in [0, 0.05) is 11.8 Å². The SMILES string of the molecule is O=C(Cn1c(=O)cnc2ccccc21)Nc1ccc(F)c(F)c1. The van der Waals surface area contributed by atoms with Crippen LogP contribution < -0.4 is 10.9 Å². The molecule has 1 heterocycles. The normalized spacial score (nSPS) is 10.7. The zero-order valence-electron chi connectivity index (χ0n) is 11.8. The van der Waals surface area contributed by atoms with Crippen LogP contribution in [0, 0.1) is 11.6 Å². The van der Waals surface area contributed by atoms with Crippen LogP contribution in [0.3, 0.4) is 0 Å². The molecule has 1 aromatic heterocycles. The molecule has 0 radical (unpaired) electrons. The molecule has 1 amide bonds. The summed E-state index contributed by atoms with van der Waals surface area (Å²) >= 11 is 0.